The highest BCUT2D eigenvalue weighted by molar-refractivity contribution is 5.93. The molecule has 3 heterocycles. The van der Waals surface area contributed by atoms with Crippen molar-refractivity contribution in [1.29, 1.82) is 0 Å². The molecule has 1 aromatic carbocycles. The van der Waals surface area contributed by atoms with Crippen LogP contribution in [0.2, 0.25) is 0 Å². The first-order valence-corrected chi connectivity index (χ1v) is 6.99. The minimum Gasteiger partial charge on any atom is -0.327 e. The summed E-state index contributed by atoms with van der Waals surface area (Å²) in [4.78, 5) is 22.5. The van der Waals surface area contributed by atoms with Gasteiger partial charge in [-0.1, -0.05) is 30.3 Å². The smallest absolute Gasteiger partial charge is 0.272 e. The number of fused-ring (bicyclic) bond motifs is 1. The number of hydrogen-bond acceptors (Lipinski definition) is 4. The lowest BCUT2D eigenvalue weighted by atomic mass is 10.1. The highest BCUT2D eigenvalue weighted by Gasteiger charge is 2.26. The number of hydrogen-bond donors (Lipinski definition) is 1. The Hall–Kier alpha value is -3.02. The van der Waals surface area contributed by atoms with E-state index in [9.17, 15) is 4.79 Å². The third-order valence-electron chi connectivity index (χ3n) is 3.75. The monoisotopic (exact) mass is 291 g/mol. The molecule has 108 valence electrons. The van der Waals surface area contributed by atoms with Crippen molar-refractivity contribution in [2.75, 3.05) is 0 Å². The van der Waals surface area contributed by atoms with Crippen LogP contribution in [-0.2, 0) is 13.1 Å². The first-order chi connectivity index (χ1) is 10.8. The van der Waals surface area contributed by atoms with Crippen molar-refractivity contribution in [3.8, 4) is 11.3 Å². The van der Waals surface area contributed by atoms with Gasteiger partial charge in [0, 0.05) is 23.9 Å². The second kappa shape index (κ2) is 5.07. The van der Waals surface area contributed by atoms with Crippen LogP contribution in [0.4, 0.5) is 0 Å². The van der Waals surface area contributed by atoms with Gasteiger partial charge in [-0.2, -0.15) is 5.10 Å². The van der Waals surface area contributed by atoms with Crippen molar-refractivity contribution >= 4 is 5.91 Å². The highest BCUT2D eigenvalue weighted by Crippen LogP contribution is 2.23. The predicted molar refractivity (Wildman–Crippen MR) is 79.6 cm³/mol. The van der Waals surface area contributed by atoms with Crippen LogP contribution >= 0.6 is 0 Å². The van der Waals surface area contributed by atoms with E-state index in [0.717, 1.165) is 22.5 Å². The van der Waals surface area contributed by atoms with Gasteiger partial charge in [-0.15, -0.1) is 0 Å². The minimum atomic E-state index is -0.0762. The molecule has 0 saturated carbocycles. The molecule has 0 aliphatic carbocycles. The topological polar surface area (TPSA) is 74.8 Å². The van der Waals surface area contributed by atoms with Gasteiger partial charge in [-0.3, -0.25) is 9.89 Å². The van der Waals surface area contributed by atoms with Gasteiger partial charge in [0.15, 0.2) is 0 Å². The van der Waals surface area contributed by atoms with Crippen LogP contribution in [0, 0.1) is 0 Å². The Labute approximate surface area is 126 Å². The van der Waals surface area contributed by atoms with Gasteiger partial charge in [-0.05, 0) is 6.07 Å². The van der Waals surface area contributed by atoms with Gasteiger partial charge >= 0.3 is 0 Å². The Balaban J connectivity index is 1.57. The molecule has 0 radical (unpaired) electrons. The van der Waals surface area contributed by atoms with E-state index < -0.39 is 0 Å². The van der Waals surface area contributed by atoms with E-state index in [4.69, 9.17) is 0 Å². The molecular weight excluding hydrogens is 278 g/mol. The van der Waals surface area contributed by atoms with E-state index in [1.54, 1.807) is 17.2 Å². The molecule has 22 heavy (non-hydrogen) atoms. The Morgan fingerprint density at radius 3 is 2.86 bits per heavy atom. The van der Waals surface area contributed by atoms with Crippen LogP contribution in [0.5, 0.6) is 0 Å². The predicted octanol–water partition coefficient (Wildman–Crippen LogP) is 2.02. The number of amides is 1. The van der Waals surface area contributed by atoms with E-state index in [2.05, 4.69) is 20.2 Å². The maximum Gasteiger partial charge on any atom is 0.272 e. The van der Waals surface area contributed by atoms with Crippen molar-refractivity contribution in [2.24, 2.45) is 0 Å². The van der Waals surface area contributed by atoms with Gasteiger partial charge in [-0.25, -0.2) is 9.97 Å². The largest absolute Gasteiger partial charge is 0.327 e. The van der Waals surface area contributed by atoms with E-state index >= 15 is 0 Å². The van der Waals surface area contributed by atoms with Crippen molar-refractivity contribution in [3.05, 3.63) is 65.9 Å². The number of carbonyl (C=O) groups excluding carboxylic acids is 1. The molecule has 3 aromatic rings. The summed E-state index contributed by atoms with van der Waals surface area (Å²) < 4.78 is 0. The summed E-state index contributed by atoms with van der Waals surface area (Å²) >= 11 is 0. The molecule has 4 rings (SSSR count). The van der Waals surface area contributed by atoms with Crippen LogP contribution in [-0.4, -0.2) is 31.0 Å². The fraction of sp³-hybridized carbons (Fsp3) is 0.125. The summed E-state index contributed by atoms with van der Waals surface area (Å²) in [6.45, 7) is 1.05. The third-order valence-corrected chi connectivity index (χ3v) is 3.75. The van der Waals surface area contributed by atoms with Crippen LogP contribution in [0.1, 0.15) is 21.7 Å². The SMILES string of the molecule is O=C(c1cc(-c2ccccc2)n[nH]1)N1Cc2cncnc2C1. The summed E-state index contributed by atoms with van der Waals surface area (Å²) in [5.41, 5.74) is 4.14. The first kappa shape index (κ1) is 12.7. The number of aromatic nitrogens is 4. The standard InChI is InChI=1S/C16H13N5O/c22-16(21-8-12-7-17-10-18-15(12)9-21)14-6-13(19-20-14)11-4-2-1-3-5-11/h1-7,10H,8-9H2,(H,19,20). The van der Waals surface area contributed by atoms with Crippen LogP contribution in [0.25, 0.3) is 11.3 Å². The molecule has 6 nitrogen and oxygen atoms in total. The number of carbonyl (C=O) groups is 1. The van der Waals surface area contributed by atoms with Crippen molar-refractivity contribution in [2.45, 2.75) is 13.1 Å². The van der Waals surface area contributed by atoms with Crippen LogP contribution in [0.15, 0.2) is 48.9 Å². The molecule has 1 aliphatic rings. The number of aromatic amines is 1. The van der Waals surface area contributed by atoms with E-state index in [-0.39, 0.29) is 5.91 Å². The molecule has 1 amide bonds. The van der Waals surface area contributed by atoms with Crippen LogP contribution in [0.3, 0.4) is 0 Å². The minimum absolute atomic E-state index is 0.0762. The Morgan fingerprint density at radius 2 is 2.05 bits per heavy atom. The van der Waals surface area contributed by atoms with Gasteiger partial charge in [0.25, 0.3) is 5.91 Å². The number of nitrogens with one attached hydrogen (secondary N) is 1. The van der Waals surface area contributed by atoms with E-state index in [1.807, 2.05) is 30.3 Å². The zero-order valence-corrected chi connectivity index (χ0v) is 11.7. The highest BCUT2D eigenvalue weighted by atomic mass is 16.2. The second-order valence-electron chi connectivity index (χ2n) is 5.19. The third kappa shape index (κ3) is 2.14. The van der Waals surface area contributed by atoms with Gasteiger partial charge in [0.2, 0.25) is 0 Å². The molecule has 0 fully saturated rings. The Morgan fingerprint density at radius 1 is 1.18 bits per heavy atom. The average molecular weight is 291 g/mol. The maximum absolute atomic E-state index is 12.6. The molecule has 2 aromatic heterocycles. The quantitative estimate of drug-likeness (QED) is 0.784. The maximum atomic E-state index is 12.6. The fourth-order valence-corrected chi connectivity index (χ4v) is 2.60. The Bertz CT molecular complexity index is 802. The molecule has 0 unspecified atom stereocenters. The molecule has 0 atom stereocenters. The van der Waals surface area contributed by atoms with Crippen molar-refractivity contribution in [3.63, 3.8) is 0 Å². The van der Waals surface area contributed by atoms with Gasteiger partial charge in [0.05, 0.1) is 17.9 Å². The average Bonchev–Trinajstić information content (AvgIpc) is 3.22. The molecule has 6 heteroatoms. The van der Waals surface area contributed by atoms with E-state index in [1.165, 1.54) is 6.33 Å². The van der Waals surface area contributed by atoms with Crippen molar-refractivity contribution < 1.29 is 4.79 Å². The number of benzene rings is 1. The fourth-order valence-electron chi connectivity index (χ4n) is 2.60. The summed E-state index contributed by atoms with van der Waals surface area (Å²) in [5.74, 6) is -0.0762. The lowest BCUT2D eigenvalue weighted by Crippen LogP contribution is -2.25. The molecule has 0 bridgehead atoms. The number of H-pyrrole nitrogens is 1. The summed E-state index contributed by atoms with van der Waals surface area (Å²) in [6.07, 6.45) is 3.27. The Kier molecular flexibility index (Phi) is 2.93. The normalized spacial score (nSPS) is 13.2. The summed E-state index contributed by atoms with van der Waals surface area (Å²) in [7, 11) is 0. The number of rotatable bonds is 2. The second-order valence-corrected chi connectivity index (χ2v) is 5.19. The van der Waals surface area contributed by atoms with Gasteiger partial charge < -0.3 is 4.90 Å². The molecule has 1 aliphatic heterocycles. The molecule has 0 spiro atoms. The molecule has 1 N–H and O–H groups in total. The number of nitrogens with zero attached hydrogens (tertiary/aromatic N) is 4. The zero-order chi connectivity index (χ0) is 14.9. The lowest BCUT2D eigenvalue weighted by molar-refractivity contribution is 0.0744. The molecular formula is C16H13N5O. The zero-order valence-electron chi connectivity index (χ0n) is 11.7. The summed E-state index contributed by atoms with van der Waals surface area (Å²) in [6, 6.07) is 11.6. The summed E-state index contributed by atoms with van der Waals surface area (Å²) in [5, 5.41) is 7.06. The van der Waals surface area contributed by atoms with E-state index in [0.29, 0.717) is 18.8 Å². The van der Waals surface area contributed by atoms with Crippen LogP contribution < -0.4 is 0 Å². The van der Waals surface area contributed by atoms with Gasteiger partial charge in [0.1, 0.15) is 12.0 Å². The van der Waals surface area contributed by atoms with Crippen molar-refractivity contribution in [1.82, 2.24) is 25.1 Å². The lowest BCUT2D eigenvalue weighted by Gasteiger charge is -2.13. The molecule has 0 saturated heterocycles. The first-order valence-electron chi connectivity index (χ1n) is 6.99.